The van der Waals surface area contributed by atoms with E-state index in [0.717, 1.165) is 32.0 Å². The van der Waals surface area contributed by atoms with E-state index in [2.05, 4.69) is 21.6 Å². The van der Waals surface area contributed by atoms with Gasteiger partial charge in [0.2, 0.25) is 11.8 Å². The molecule has 162 valence electrons. The second-order valence-electron chi connectivity index (χ2n) is 7.43. The first kappa shape index (κ1) is 22.3. The summed E-state index contributed by atoms with van der Waals surface area (Å²) in [5, 5.41) is 14.8. The lowest BCUT2D eigenvalue weighted by Gasteiger charge is -2.29. The van der Waals surface area contributed by atoms with Crippen LogP contribution in [-0.2, 0) is 14.3 Å². The van der Waals surface area contributed by atoms with Gasteiger partial charge >= 0.3 is 0 Å². The zero-order chi connectivity index (χ0) is 22.2. The molecule has 1 atom stereocenters. The van der Waals surface area contributed by atoms with Gasteiger partial charge in [-0.2, -0.15) is 5.26 Å². The highest BCUT2D eigenvalue weighted by Gasteiger charge is 2.21. The minimum Gasteiger partial charge on any atom is -0.378 e. The van der Waals surface area contributed by atoms with Crippen LogP contribution in [0.4, 0.5) is 17.1 Å². The van der Waals surface area contributed by atoms with Gasteiger partial charge in [0.25, 0.3) is 0 Å². The second kappa shape index (κ2) is 10.6. The number of likely N-dealkylation sites (N-methyl/N-ethyl adjacent to an activating group) is 1. The highest BCUT2D eigenvalue weighted by Crippen LogP contribution is 2.19. The molecule has 2 aromatic carbocycles. The summed E-state index contributed by atoms with van der Waals surface area (Å²) < 4.78 is 5.37. The first-order valence-corrected chi connectivity index (χ1v) is 10.2. The number of nitrogens with one attached hydrogen (secondary N) is 2. The third-order valence-corrected chi connectivity index (χ3v) is 5.27. The minimum absolute atomic E-state index is 0.0553. The van der Waals surface area contributed by atoms with E-state index in [1.165, 1.54) is 0 Å². The van der Waals surface area contributed by atoms with E-state index in [1.807, 2.05) is 24.3 Å². The Morgan fingerprint density at radius 1 is 1.13 bits per heavy atom. The number of carbonyl (C=O) groups is 2. The van der Waals surface area contributed by atoms with E-state index in [4.69, 9.17) is 10.00 Å². The predicted molar refractivity (Wildman–Crippen MR) is 120 cm³/mol. The van der Waals surface area contributed by atoms with E-state index in [9.17, 15) is 9.59 Å². The molecule has 31 heavy (non-hydrogen) atoms. The van der Waals surface area contributed by atoms with Gasteiger partial charge in [0, 0.05) is 24.5 Å². The van der Waals surface area contributed by atoms with Crippen LogP contribution < -0.4 is 15.5 Å². The zero-order valence-electron chi connectivity index (χ0n) is 17.8. The molecular formula is C23H27N5O3. The third-order valence-electron chi connectivity index (χ3n) is 5.27. The summed E-state index contributed by atoms with van der Waals surface area (Å²) in [7, 11) is 1.71. The van der Waals surface area contributed by atoms with Crippen molar-refractivity contribution in [1.29, 1.82) is 5.26 Å². The average molecular weight is 422 g/mol. The predicted octanol–water partition coefficient (Wildman–Crippen LogP) is 2.29. The van der Waals surface area contributed by atoms with Gasteiger partial charge in [-0.15, -0.1) is 0 Å². The van der Waals surface area contributed by atoms with Crippen molar-refractivity contribution in [2.75, 3.05) is 55.4 Å². The second-order valence-corrected chi connectivity index (χ2v) is 7.43. The van der Waals surface area contributed by atoms with Crippen molar-refractivity contribution in [2.24, 2.45) is 0 Å². The lowest BCUT2D eigenvalue weighted by Crippen LogP contribution is -2.43. The van der Waals surface area contributed by atoms with Gasteiger partial charge in [0.15, 0.2) is 0 Å². The first-order valence-electron chi connectivity index (χ1n) is 10.2. The summed E-state index contributed by atoms with van der Waals surface area (Å²) >= 11 is 0. The van der Waals surface area contributed by atoms with Gasteiger partial charge in [0.05, 0.1) is 37.1 Å². The number of morpholine rings is 1. The van der Waals surface area contributed by atoms with Crippen LogP contribution in [0.25, 0.3) is 0 Å². The maximum Gasteiger partial charge on any atom is 0.241 e. The van der Waals surface area contributed by atoms with E-state index in [1.54, 1.807) is 43.1 Å². The van der Waals surface area contributed by atoms with Gasteiger partial charge in [-0.25, -0.2) is 0 Å². The third kappa shape index (κ3) is 6.04. The molecule has 2 N–H and O–H groups in total. The Morgan fingerprint density at radius 3 is 2.48 bits per heavy atom. The Hall–Kier alpha value is -3.41. The number of amides is 2. The Labute approximate surface area is 182 Å². The summed E-state index contributed by atoms with van der Waals surface area (Å²) in [6.45, 7) is 4.93. The van der Waals surface area contributed by atoms with Gasteiger partial charge in [0.1, 0.15) is 6.07 Å². The maximum atomic E-state index is 12.5. The highest BCUT2D eigenvalue weighted by molar-refractivity contribution is 5.97. The molecule has 0 spiro atoms. The fourth-order valence-electron chi connectivity index (χ4n) is 3.27. The number of hydrogen-bond acceptors (Lipinski definition) is 6. The van der Waals surface area contributed by atoms with Crippen molar-refractivity contribution in [3.63, 3.8) is 0 Å². The molecule has 1 heterocycles. The molecule has 2 aromatic rings. The molecule has 0 aliphatic carbocycles. The van der Waals surface area contributed by atoms with Crippen LogP contribution in [0.2, 0.25) is 0 Å². The molecular weight excluding hydrogens is 394 g/mol. The Morgan fingerprint density at radius 2 is 1.81 bits per heavy atom. The summed E-state index contributed by atoms with van der Waals surface area (Å²) in [6.07, 6.45) is 0. The van der Waals surface area contributed by atoms with Crippen LogP contribution in [0, 0.1) is 11.3 Å². The molecule has 2 amide bonds. The lowest BCUT2D eigenvalue weighted by molar-refractivity contribution is -0.122. The molecule has 1 aliphatic rings. The fourth-order valence-corrected chi connectivity index (χ4v) is 3.27. The van der Waals surface area contributed by atoms with E-state index < -0.39 is 6.04 Å². The van der Waals surface area contributed by atoms with E-state index in [0.29, 0.717) is 16.9 Å². The van der Waals surface area contributed by atoms with Crippen molar-refractivity contribution < 1.29 is 14.3 Å². The quantitative estimate of drug-likeness (QED) is 0.712. The number of anilines is 3. The molecule has 3 rings (SSSR count). The minimum atomic E-state index is -0.554. The topological polar surface area (TPSA) is 97.7 Å². The molecule has 8 nitrogen and oxygen atoms in total. The molecule has 0 unspecified atom stereocenters. The normalized spacial score (nSPS) is 14.6. The van der Waals surface area contributed by atoms with Crippen LogP contribution in [0.5, 0.6) is 0 Å². The number of nitrogens with zero attached hydrogens (tertiary/aromatic N) is 3. The van der Waals surface area contributed by atoms with Crippen molar-refractivity contribution in [3.8, 4) is 6.07 Å². The van der Waals surface area contributed by atoms with Gasteiger partial charge in [-0.05, 0) is 50.4 Å². The van der Waals surface area contributed by atoms with Crippen molar-refractivity contribution in [1.82, 2.24) is 4.90 Å². The highest BCUT2D eigenvalue weighted by atomic mass is 16.5. The van der Waals surface area contributed by atoms with E-state index in [-0.39, 0.29) is 18.4 Å². The van der Waals surface area contributed by atoms with Crippen LogP contribution in [0.1, 0.15) is 12.5 Å². The summed E-state index contributed by atoms with van der Waals surface area (Å²) in [5.41, 5.74) is 2.65. The molecule has 0 radical (unpaired) electrons. The molecule has 0 saturated carbocycles. The number of hydrogen-bond donors (Lipinski definition) is 2. The zero-order valence-corrected chi connectivity index (χ0v) is 17.8. The number of nitriles is 1. The molecule has 1 aliphatic heterocycles. The lowest BCUT2D eigenvalue weighted by atomic mass is 10.2. The SMILES string of the molecule is C[C@H](C(=O)Nc1ccccc1C#N)N(C)CC(=O)Nc1ccc(N2CCOCC2)cc1. The molecule has 1 saturated heterocycles. The molecule has 1 fully saturated rings. The summed E-state index contributed by atoms with van der Waals surface area (Å²) in [6, 6.07) is 16.0. The van der Waals surface area contributed by atoms with Crippen LogP contribution in [0.15, 0.2) is 48.5 Å². The van der Waals surface area contributed by atoms with Crippen LogP contribution in [-0.4, -0.2) is 62.7 Å². The molecule has 8 heteroatoms. The number of benzene rings is 2. The maximum absolute atomic E-state index is 12.5. The van der Waals surface area contributed by atoms with Crippen LogP contribution in [0.3, 0.4) is 0 Å². The number of carbonyl (C=O) groups excluding carboxylic acids is 2. The first-order chi connectivity index (χ1) is 15.0. The average Bonchev–Trinajstić information content (AvgIpc) is 2.79. The smallest absolute Gasteiger partial charge is 0.241 e. The standard InChI is InChI=1S/C23H27N5O3/c1-17(23(30)26-21-6-4-3-5-18(21)15-24)27(2)16-22(29)25-19-7-9-20(10-8-19)28-11-13-31-14-12-28/h3-10,17H,11-14,16H2,1-2H3,(H,25,29)(H,26,30)/t17-/m1/s1. The molecule has 0 aromatic heterocycles. The Bertz CT molecular complexity index is 948. The monoisotopic (exact) mass is 421 g/mol. The number of rotatable bonds is 7. The molecule has 0 bridgehead atoms. The summed E-state index contributed by atoms with van der Waals surface area (Å²) in [5.74, 6) is -0.494. The van der Waals surface area contributed by atoms with Crippen molar-refractivity contribution in [2.45, 2.75) is 13.0 Å². The Balaban J connectivity index is 1.51. The van der Waals surface area contributed by atoms with Crippen molar-refractivity contribution in [3.05, 3.63) is 54.1 Å². The van der Waals surface area contributed by atoms with E-state index >= 15 is 0 Å². The van der Waals surface area contributed by atoms with Gasteiger partial charge < -0.3 is 20.3 Å². The number of ether oxygens (including phenoxy) is 1. The number of para-hydroxylation sites is 1. The van der Waals surface area contributed by atoms with Gasteiger partial charge in [-0.3, -0.25) is 14.5 Å². The Kier molecular flexibility index (Phi) is 7.60. The van der Waals surface area contributed by atoms with Crippen molar-refractivity contribution >= 4 is 28.9 Å². The fraction of sp³-hybridized carbons (Fsp3) is 0.348. The summed E-state index contributed by atoms with van der Waals surface area (Å²) in [4.78, 5) is 28.9. The largest absolute Gasteiger partial charge is 0.378 e. The van der Waals surface area contributed by atoms with Gasteiger partial charge in [-0.1, -0.05) is 12.1 Å². The van der Waals surface area contributed by atoms with Crippen LogP contribution >= 0.6 is 0 Å².